The Balaban J connectivity index is 1.62. The average Bonchev–Trinajstić information content (AvgIpc) is 3.40. The number of nitrogens with zero attached hydrogens (tertiary/aromatic N) is 1. The summed E-state index contributed by atoms with van der Waals surface area (Å²) in [6.45, 7) is 6.27. The number of carbonyl (C=O) groups is 2. The van der Waals surface area contributed by atoms with E-state index in [1.165, 1.54) is 0 Å². The Labute approximate surface area is 220 Å². The summed E-state index contributed by atoms with van der Waals surface area (Å²) >= 11 is 0. The summed E-state index contributed by atoms with van der Waals surface area (Å²) < 4.78 is 6.01. The summed E-state index contributed by atoms with van der Waals surface area (Å²) in [5.41, 5.74) is 5.25. The number of nitrogens with one attached hydrogen (secondary N) is 1. The van der Waals surface area contributed by atoms with Crippen molar-refractivity contribution in [3.63, 3.8) is 0 Å². The minimum absolute atomic E-state index is 0.0940. The van der Waals surface area contributed by atoms with Gasteiger partial charge >= 0.3 is 0 Å². The van der Waals surface area contributed by atoms with Crippen LogP contribution >= 0.6 is 0 Å². The van der Waals surface area contributed by atoms with Crippen LogP contribution in [-0.4, -0.2) is 35.4 Å². The molecule has 0 saturated heterocycles. The molecule has 1 aliphatic rings. The fourth-order valence-electron chi connectivity index (χ4n) is 5.03. The molecular weight excluding hydrogens is 460 g/mol. The van der Waals surface area contributed by atoms with Gasteiger partial charge in [0.05, 0.1) is 0 Å². The lowest BCUT2D eigenvalue weighted by Gasteiger charge is -2.32. The van der Waals surface area contributed by atoms with Gasteiger partial charge in [-0.3, -0.25) is 9.59 Å². The SMILES string of the molecule is Cc1cccc(CN(C(=O)COc2cccc(C)c2C)C(Cc2ccccc2)C(=O)NC2CCCC2)c1. The molecule has 5 heteroatoms. The Morgan fingerprint density at radius 2 is 1.62 bits per heavy atom. The van der Waals surface area contributed by atoms with Crippen LogP contribution in [0.25, 0.3) is 0 Å². The molecule has 1 aliphatic carbocycles. The largest absolute Gasteiger partial charge is 0.483 e. The van der Waals surface area contributed by atoms with Gasteiger partial charge in [0.25, 0.3) is 5.91 Å². The molecule has 0 bridgehead atoms. The first-order valence-electron chi connectivity index (χ1n) is 13.3. The topological polar surface area (TPSA) is 58.6 Å². The lowest BCUT2D eigenvalue weighted by molar-refractivity contribution is -0.143. The minimum Gasteiger partial charge on any atom is -0.483 e. The van der Waals surface area contributed by atoms with Gasteiger partial charge in [-0.2, -0.15) is 0 Å². The first-order valence-corrected chi connectivity index (χ1v) is 13.3. The van der Waals surface area contributed by atoms with Crippen molar-refractivity contribution >= 4 is 11.8 Å². The zero-order valence-corrected chi connectivity index (χ0v) is 22.2. The molecule has 3 aromatic rings. The Morgan fingerprint density at radius 1 is 0.919 bits per heavy atom. The highest BCUT2D eigenvalue weighted by Gasteiger charge is 2.32. The van der Waals surface area contributed by atoms with Crippen molar-refractivity contribution in [2.45, 2.75) is 71.5 Å². The van der Waals surface area contributed by atoms with E-state index in [0.717, 1.165) is 53.5 Å². The molecule has 0 aliphatic heterocycles. The second-order valence-corrected chi connectivity index (χ2v) is 10.2. The third-order valence-corrected chi connectivity index (χ3v) is 7.31. The van der Waals surface area contributed by atoms with Crippen molar-refractivity contribution in [2.75, 3.05) is 6.61 Å². The smallest absolute Gasteiger partial charge is 0.261 e. The summed E-state index contributed by atoms with van der Waals surface area (Å²) in [4.78, 5) is 29.2. The van der Waals surface area contributed by atoms with Crippen LogP contribution in [0.5, 0.6) is 5.75 Å². The van der Waals surface area contributed by atoms with Gasteiger partial charge in [0, 0.05) is 19.0 Å². The van der Waals surface area contributed by atoms with Crippen LogP contribution in [0.15, 0.2) is 72.8 Å². The maximum absolute atomic E-state index is 13.8. The number of hydrogen-bond donors (Lipinski definition) is 1. The van der Waals surface area contributed by atoms with E-state index in [0.29, 0.717) is 18.7 Å². The quantitative estimate of drug-likeness (QED) is 0.391. The van der Waals surface area contributed by atoms with E-state index >= 15 is 0 Å². The highest BCUT2D eigenvalue weighted by atomic mass is 16.5. The number of amides is 2. The highest BCUT2D eigenvalue weighted by Crippen LogP contribution is 2.22. The molecular formula is C32H38N2O3. The highest BCUT2D eigenvalue weighted by molar-refractivity contribution is 5.88. The molecule has 0 heterocycles. The molecule has 37 heavy (non-hydrogen) atoms. The summed E-state index contributed by atoms with van der Waals surface area (Å²) in [5, 5.41) is 3.25. The molecule has 194 valence electrons. The first kappa shape index (κ1) is 26.5. The number of benzene rings is 3. The van der Waals surface area contributed by atoms with Crippen LogP contribution < -0.4 is 10.1 Å². The molecule has 0 radical (unpaired) electrons. The Morgan fingerprint density at radius 3 is 2.35 bits per heavy atom. The van der Waals surface area contributed by atoms with Gasteiger partial charge in [-0.15, -0.1) is 0 Å². The molecule has 1 atom stereocenters. The third-order valence-electron chi connectivity index (χ3n) is 7.31. The summed E-state index contributed by atoms with van der Waals surface area (Å²) in [7, 11) is 0. The van der Waals surface area contributed by atoms with E-state index in [-0.39, 0.29) is 24.5 Å². The van der Waals surface area contributed by atoms with Crippen molar-refractivity contribution < 1.29 is 14.3 Å². The minimum atomic E-state index is -0.641. The number of aryl methyl sites for hydroxylation is 2. The predicted molar refractivity (Wildman–Crippen MR) is 147 cm³/mol. The van der Waals surface area contributed by atoms with Crippen LogP contribution in [0.4, 0.5) is 0 Å². The zero-order chi connectivity index (χ0) is 26.2. The third kappa shape index (κ3) is 7.22. The van der Waals surface area contributed by atoms with Crippen molar-refractivity contribution in [1.29, 1.82) is 0 Å². The molecule has 3 aromatic carbocycles. The normalized spacial score (nSPS) is 14.2. The van der Waals surface area contributed by atoms with E-state index in [2.05, 4.69) is 11.4 Å². The van der Waals surface area contributed by atoms with E-state index in [4.69, 9.17) is 4.74 Å². The maximum atomic E-state index is 13.8. The second-order valence-electron chi connectivity index (χ2n) is 10.2. The lowest BCUT2D eigenvalue weighted by Crippen LogP contribution is -2.53. The van der Waals surface area contributed by atoms with E-state index in [1.807, 2.05) is 87.5 Å². The number of ether oxygens (including phenoxy) is 1. The van der Waals surface area contributed by atoms with Gasteiger partial charge in [-0.1, -0.05) is 85.1 Å². The molecule has 1 saturated carbocycles. The van der Waals surface area contributed by atoms with Gasteiger partial charge < -0.3 is 15.0 Å². The molecule has 0 aromatic heterocycles. The second kappa shape index (κ2) is 12.6. The zero-order valence-electron chi connectivity index (χ0n) is 22.2. The molecule has 5 nitrogen and oxygen atoms in total. The van der Waals surface area contributed by atoms with Crippen molar-refractivity contribution in [3.8, 4) is 5.75 Å². The molecule has 1 unspecified atom stereocenters. The van der Waals surface area contributed by atoms with E-state index in [1.54, 1.807) is 4.90 Å². The van der Waals surface area contributed by atoms with Gasteiger partial charge in [-0.05, 0) is 61.9 Å². The van der Waals surface area contributed by atoms with Crippen LogP contribution in [-0.2, 0) is 22.6 Å². The Hall–Kier alpha value is -3.60. The molecule has 1 fully saturated rings. The standard InChI is InChI=1S/C32H38N2O3/c1-23-11-9-15-27(19-23)21-34(31(35)22-37-30-18-10-12-24(2)25(30)3)29(20-26-13-5-4-6-14-26)32(36)33-28-16-7-8-17-28/h4-6,9-15,18-19,28-29H,7-8,16-17,20-22H2,1-3H3,(H,33,36). The van der Waals surface area contributed by atoms with Crippen LogP contribution in [0.2, 0.25) is 0 Å². The first-order chi connectivity index (χ1) is 17.9. The number of hydrogen-bond acceptors (Lipinski definition) is 3. The van der Waals surface area contributed by atoms with Crippen molar-refractivity contribution in [3.05, 3.63) is 101 Å². The van der Waals surface area contributed by atoms with Crippen LogP contribution in [0.3, 0.4) is 0 Å². The Bertz CT molecular complexity index is 1200. The van der Waals surface area contributed by atoms with Crippen molar-refractivity contribution in [2.24, 2.45) is 0 Å². The molecule has 2 amide bonds. The summed E-state index contributed by atoms with van der Waals surface area (Å²) in [5.74, 6) is 0.396. The average molecular weight is 499 g/mol. The van der Waals surface area contributed by atoms with Gasteiger partial charge in [0.15, 0.2) is 6.61 Å². The summed E-state index contributed by atoms with van der Waals surface area (Å²) in [6.07, 6.45) is 4.69. The van der Waals surface area contributed by atoms with E-state index < -0.39 is 6.04 Å². The van der Waals surface area contributed by atoms with Gasteiger partial charge in [0.2, 0.25) is 5.91 Å². The monoisotopic (exact) mass is 498 g/mol. The summed E-state index contributed by atoms with van der Waals surface area (Å²) in [6, 6.07) is 23.4. The van der Waals surface area contributed by atoms with Gasteiger partial charge in [0.1, 0.15) is 11.8 Å². The van der Waals surface area contributed by atoms with Gasteiger partial charge in [-0.25, -0.2) is 0 Å². The lowest BCUT2D eigenvalue weighted by atomic mass is 10.0. The fourth-order valence-corrected chi connectivity index (χ4v) is 5.03. The number of rotatable bonds is 10. The van der Waals surface area contributed by atoms with E-state index in [9.17, 15) is 9.59 Å². The fraction of sp³-hybridized carbons (Fsp3) is 0.375. The number of carbonyl (C=O) groups excluding carboxylic acids is 2. The Kier molecular flexibility index (Phi) is 8.99. The maximum Gasteiger partial charge on any atom is 0.261 e. The van der Waals surface area contributed by atoms with Crippen LogP contribution in [0, 0.1) is 20.8 Å². The van der Waals surface area contributed by atoms with Crippen LogP contribution in [0.1, 0.15) is 53.5 Å². The predicted octanol–water partition coefficient (Wildman–Crippen LogP) is 5.69. The molecule has 0 spiro atoms. The van der Waals surface area contributed by atoms with Crippen molar-refractivity contribution in [1.82, 2.24) is 10.2 Å². The molecule has 1 N–H and O–H groups in total. The molecule has 4 rings (SSSR count).